The maximum atomic E-state index is 5.29. The Morgan fingerprint density at radius 1 is 1.26 bits per heavy atom. The van der Waals surface area contributed by atoms with Gasteiger partial charge in [-0.05, 0) is 30.5 Å². The number of hydrogen-bond donors (Lipinski definition) is 3. The van der Waals surface area contributed by atoms with Crippen LogP contribution in [0.3, 0.4) is 0 Å². The van der Waals surface area contributed by atoms with Gasteiger partial charge in [-0.1, -0.05) is 36.8 Å². The van der Waals surface area contributed by atoms with Gasteiger partial charge in [0, 0.05) is 13.6 Å². The highest BCUT2D eigenvalue weighted by atomic mass is 127. The minimum atomic E-state index is 0. The smallest absolute Gasteiger partial charge is 0.216 e. The van der Waals surface area contributed by atoms with E-state index < -0.39 is 0 Å². The first-order valence-electron chi connectivity index (χ1n) is 8.62. The van der Waals surface area contributed by atoms with Crippen molar-refractivity contribution < 1.29 is 4.42 Å². The van der Waals surface area contributed by atoms with Gasteiger partial charge >= 0.3 is 0 Å². The number of aromatic nitrogens is 3. The quantitative estimate of drug-likeness (QED) is 0.286. The molecule has 8 heteroatoms. The first-order chi connectivity index (χ1) is 12.7. The zero-order valence-electron chi connectivity index (χ0n) is 15.7. The molecule has 7 nitrogen and oxygen atoms in total. The minimum Gasteiger partial charge on any atom is -0.461 e. The number of aliphatic imine (C=N–C) groups is 1. The number of aryl methyl sites for hydroxylation is 1. The molecule has 0 amide bonds. The molecule has 0 spiro atoms. The number of guanidine groups is 1. The van der Waals surface area contributed by atoms with Gasteiger partial charge in [0.05, 0.1) is 12.8 Å². The number of aromatic amines is 1. The second-order valence-electron chi connectivity index (χ2n) is 6.20. The fourth-order valence-corrected chi connectivity index (χ4v) is 2.62. The second kappa shape index (κ2) is 10.1. The van der Waals surface area contributed by atoms with E-state index in [1.165, 1.54) is 11.1 Å². The fourth-order valence-electron chi connectivity index (χ4n) is 2.62. The summed E-state index contributed by atoms with van der Waals surface area (Å²) in [4.78, 5) is 8.66. The number of H-pyrrole nitrogens is 1. The number of furan rings is 1. The topological polar surface area (TPSA) is 91.1 Å². The Bertz CT molecular complexity index is 859. The molecule has 0 saturated heterocycles. The Balaban J connectivity index is 0.00000261. The van der Waals surface area contributed by atoms with E-state index in [4.69, 9.17) is 4.42 Å². The number of nitrogens with one attached hydrogen (secondary N) is 3. The van der Waals surface area contributed by atoms with Crippen LogP contribution in [0.25, 0.3) is 11.6 Å². The number of hydrogen-bond acceptors (Lipinski definition) is 4. The molecule has 2 aromatic heterocycles. The Labute approximate surface area is 176 Å². The predicted molar refractivity (Wildman–Crippen MR) is 117 cm³/mol. The van der Waals surface area contributed by atoms with E-state index in [9.17, 15) is 0 Å². The van der Waals surface area contributed by atoms with Crippen LogP contribution in [0.4, 0.5) is 0 Å². The van der Waals surface area contributed by atoms with Crippen molar-refractivity contribution in [3.8, 4) is 11.6 Å². The maximum absolute atomic E-state index is 5.29. The molecule has 0 saturated carbocycles. The molecule has 2 heterocycles. The summed E-state index contributed by atoms with van der Waals surface area (Å²) in [5, 5.41) is 13.6. The third-order valence-electron chi connectivity index (χ3n) is 4.11. The molecule has 3 aromatic rings. The van der Waals surface area contributed by atoms with E-state index in [2.05, 4.69) is 68.9 Å². The second-order valence-corrected chi connectivity index (χ2v) is 6.20. The normalized spacial score (nSPS) is 12.3. The average Bonchev–Trinajstić information content (AvgIpc) is 3.33. The van der Waals surface area contributed by atoms with E-state index in [0.29, 0.717) is 29.9 Å². The summed E-state index contributed by atoms with van der Waals surface area (Å²) in [6.45, 7) is 5.59. The number of benzene rings is 1. The molecule has 0 aliphatic heterocycles. The van der Waals surface area contributed by atoms with Crippen molar-refractivity contribution >= 4 is 29.9 Å². The summed E-state index contributed by atoms with van der Waals surface area (Å²) in [6, 6.07) is 12.2. The van der Waals surface area contributed by atoms with Crippen molar-refractivity contribution in [2.75, 3.05) is 13.6 Å². The van der Waals surface area contributed by atoms with E-state index >= 15 is 0 Å². The molecular weight excluding hydrogens is 455 g/mol. The molecule has 1 atom stereocenters. The van der Waals surface area contributed by atoms with Gasteiger partial charge in [-0.2, -0.15) is 0 Å². The van der Waals surface area contributed by atoms with E-state index in [1.807, 2.05) is 12.1 Å². The van der Waals surface area contributed by atoms with Crippen LogP contribution < -0.4 is 10.6 Å². The average molecular weight is 480 g/mol. The van der Waals surface area contributed by atoms with Crippen molar-refractivity contribution in [2.24, 2.45) is 4.99 Å². The van der Waals surface area contributed by atoms with Crippen LogP contribution in [0.1, 0.15) is 29.8 Å². The first-order valence-corrected chi connectivity index (χ1v) is 8.62. The highest BCUT2D eigenvalue weighted by Gasteiger charge is 2.10. The molecular formula is C19H25IN6O. The Kier molecular flexibility index (Phi) is 7.83. The lowest BCUT2D eigenvalue weighted by atomic mass is 9.99. The largest absolute Gasteiger partial charge is 0.461 e. The molecule has 3 N–H and O–H groups in total. The summed E-state index contributed by atoms with van der Waals surface area (Å²) < 4.78 is 5.29. The summed E-state index contributed by atoms with van der Waals surface area (Å²) >= 11 is 0. The van der Waals surface area contributed by atoms with Crippen molar-refractivity contribution in [1.29, 1.82) is 0 Å². The summed E-state index contributed by atoms with van der Waals surface area (Å²) in [5.41, 5.74) is 2.58. The Hall–Kier alpha value is -2.36. The molecule has 0 bridgehead atoms. The first kappa shape index (κ1) is 20.9. The molecule has 27 heavy (non-hydrogen) atoms. The number of rotatable bonds is 6. The standard InChI is InChI=1S/C19H24N6O.HI/c1-13-6-4-7-15(10-13)14(2)11-21-19(20-3)22-12-17-23-18(25-24-17)16-8-5-9-26-16;/h4-10,14H,11-12H2,1-3H3,(H2,20,21,22)(H,23,24,25);1H. The van der Waals surface area contributed by atoms with Crippen LogP contribution >= 0.6 is 24.0 Å². The van der Waals surface area contributed by atoms with Crippen LogP contribution in [0, 0.1) is 6.92 Å². The molecule has 0 radical (unpaired) electrons. The molecule has 0 fully saturated rings. The van der Waals surface area contributed by atoms with Crippen LogP contribution in [0.2, 0.25) is 0 Å². The van der Waals surface area contributed by atoms with Gasteiger partial charge in [0.1, 0.15) is 5.82 Å². The van der Waals surface area contributed by atoms with Crippen LogP contribution in [0.5, 0.6) is 0 Å². The summed E-state index contributed by atoms with van der Waals surface area (Å²) in [5.74, 6) is 3.00. The molecule has 0 aliphatic rings. The van der Waals surface area contributed by atoms with Gasteiger partial charge in [0.15, 0.2) is 11.7 Å². The van der Waals surface area contributed by atoms with Crippen molar-refractivity contribution in [3.63, 3.8) is 0 Å². The van der Waals surface area contributed by atoms with Gasteiger partial charge in [-0.3, -0.25) is 10.1 Å². The van der Waals surface area contributed by atoms with Gasteiger partial charge in [0.2, 0.25) is 5.82 Å². The Morgan fingerprint density at radius 2 is 2.11 bits per heavy atom. The van der Waals surface area contributed by atoms with Crippen LogP contribution in [0.15, 0.2) is 52.1 Å². The zero-order valence-corrected chi connectivity index (χ0v) is 18.0. The molecule has 144 valence electrons. The lowest BCUT2D eigenvalue weighted by Crippen LogP contribution is -2.38. The van der Waals surface area contributed by atoms with Crippen molar-refractivity contribution in [1.82, 2.24) is 25.8 Å². The molecule has 3 rings (SSSR count). The van der Waals surface area contributed by atoms with Crippen molar-refractivity contribution in [3.05, 3.63) is 59.6 Å². The zero-order chi connectivity index (χ0) is 18.4. The van der Waals surface area contributed by atoms with Gasteiger partial charge in [-0.15, -0.1) is 29.1 Å². The summed E-state index contributed by atoms with van der Waals surface area (Å²) in [7, 11) is 1.75. The number of halogens is 1. The maximum Gasteiger partial charge on any atom is 0.216 e. The van der Waals surface area contributed by atoms with Gasteiger partial charge in [-0.25, -0.2) is 4.98 Å². The highest BCUT2D eigenvalue weighted by molar-refractivity contribution is 14.0. The third-order valence-corrected chi connectivity index (χ3v) is 4.11. The third kappa shape index (κ3) is 5.81. The lowest BCUT2D eigenvalue weighted by Gasteiger charge is -2.16. The van der Waals surface area contributed by atoms with E-state index in [1.54, 1.807) is 13.3 Å². The monoisotopic (exact) mass is 480 g/mol. The van der Waals surface area contributed by atoms with Gasteiger partial charge < -0.3 is 15.1 Å². The predicted octanol–water partition coefficient (Wildman–Crippen LogP) is 3.46. The van der Waals surface area contributed by atoms with Crippen LogP contribution in [-0.4, -0.2) is 34.7 Å². The van der Waals surface area contributed by atoms with Crippen molar-refractivity contribution in [2.45, 2.75) is 26.3 Å². The fraction of sp³-hybridized carbons (Fsp3) is 0.316. The molecule has 0 aliphatic carbocycles. The van der Waals surface area contributed by atoms with Gasteiger partial charge in [0.25, 0.3) is 0 Å². The lowest BCUT2D eigenvalue weighted by molar-refractivity contribution is 0.577. The molecule has 1 unspecified atom stereocenters. The SMILES string of the molecule is CN=C(NCc1nc(-c2ccco2)n[nH]1)NCC(C)c1cccc(C)c1.I. The van der Waals surface area contributed by atoms with Crippen LogP contribution in [-0.2, 0) is 6.54 Å². The van der Waals surface area contributed by atoms with E-state index in [0.717, 1.165) is 12.5 Å². The van der Waals surface area contributed by atoms with E-state index in [-0.39, 0.29) is 24.0 Å². The highest BCUT2D eigenvalue weighted by Crippen LogP contribution is 2.15. The number of nitrogens with zero attached hydrogens (tertiary/aromatic N) is 3. The Morgan fingerprint density at radius 3 is 2.81 bits per heavy atom. The molecule has 1 aromatic carbocycles. The summed E-state index contributed by atoms with van der Waals surface area (Å²) in [6.07, 6.45) is 1.60. The minimum absolute atomic E-state index is 0.